The van der Waals surface area contributed by atoms with Gasteiger partial charge in [-0.25, -0.2) is 0 Å². The van der Waals surface area contributed by atoms with Crippen molar-refractivity contribution in [3.8, 4) is 100 Å². The van der Waals surface area contributed by atoms with Gasteiger partial charge in [-0.3, -0.25) is 0 Å². The number of nitrogens with zero attached hydrogens (tertiary/aromatic N) is 2. The molecule has 0 fully saturated rings. The Morgan fingerprint density at radius 2 is 0.374 bits per heavy atom. The van der Waals surface area contributed by atoms with Gasteiger partial charge in [-0.2, -0.15) is 0 Å². The van der Waals surface area contributed by atoms with Gasteiger partial charge in [0, 0.05) is 33.9 Å². The van der Waals surface area contributed by atoms with Crippen LogP contribution < -0.4 is 9.80 Å². The Morgan fingerprint density at radius 1 is 0.140 bits per heavy atom. The highest BCUT2D eigenvalue weighted by molar-refractivity contribution is 6.07. The Kier molecular flexibility index (Phi) is 12.7. The Labute approximate surface area is 623 Å². The number of fused-ring (bicyclic) bond motifs is 30. The topological polar surface area (TPSA) is 6.48 Å². The molecule has 17 aromatic carbocycles. The van der Waals surface area contributed by atoms with Gasteiger partial charge in [-0.1, -0.05) is 346 Å². The maximum atomic E-state index is 2.61. The highest BCUT2D eigenvalue weighted by Gasteiger charge is 2.56. The molecule has 0 atom stereocenters. The summed E-state index contributed by atoms with van der Waals surface area (Å²) in [7, 11) is 0. The molecule has 0 aliphatic heterocycles. The fourth-order valence-electron chi connectivity index (χ4n) is 20.7. The fourth-order valence-corrected chi connectivity index (χ4v) is 20.7. The van der Waals surface area contributed by atoms with Crippen LogP contribution in [0.4, 0.5) is 34.1 Å². The van der Waals surface area contributed by atoms with Gasteiger partial charge < -0.3 is 9.80 Å². The molecular weight excluding hydrogens is 1290 g/mol. The third kappa shape index (κ3) is 7.98. The Morgan fingerprint density at radius 3 is 0.701 bits per heavy atom. The molecule has 3 spiro atoms. The predicted molar refractivity (Wildman–Crippen MR) is 441 cm³/mol. The van der Waals surface area contributed by atoms with Crippen LogP contribution in [0.3, 0.4) is 0 Å². The molecule has 0 amide bonds. The van der Waals surface area contributed by atoms with E-state index in [0.717, 1.165) is 50.8 Å². The second-order valence-electron chi connectivity index (χ2n) is 29.5. The number of rotatable bonds is 9. The summed E-state index contributed by atoms with van der Waals surface area (Å²) in [5.41, 5.74) is 42.3. The normalized spacial score (nSPS) is 14.0. The Hall–Kier alpha value is -13.7. The first-order chi connectivity index (χ1) is 53.1. The third-order valence-corrected chi connectivity index (χ3v) is 24.7. The van der Waals surface area contributed by atoms with Crippen molar-refractivity contribution in [2.75, 3.05) is 9.80 Å². The van der Waals surface area contributed by atoms with Gasteiger partial charge in [0.25, 0.3) is 0 Å². The summed E-state index contributed by atoms with van der Waals surface area (Å²) in [6.45, 7) is 0. The highest BCUT2D eigenvalue weighted by Crippen LogP contribution is 2.69. The van der Waals surface area contributed by atoms with Crippen molar-refractivity contribution >= 4 is 34.1 Å². The van der Waals surface area contributed by atoms with E-state index in [-0.39, 0.29) is 0 Å². The molecule has 6 aliphatic rings. The molecule has 17 aromatic rings. The first-order valence-corrected chi connectivity index (χ1v) is 37.5. The van der Waals surface area contributed by atoms with Crippen LogP contribution in [0.5, 0.6) is 0 Å². The molecule has 496 valence electrons. The van der Waals surface area contributed by atoms with Crippen molar-refractivity contribution in [3.05, 3.63) is 467 Å². The maximum Gasteiger partial charge on any atom is 0.0726 e. The van der Waals surface area contributed by atoms with Crippen LogP contribution in [0.1, 0.15) is 66.8 Å². The van der Waals surface area contributed by atoms with E-state index >= 15 is 0 Å². The number of benzene rings is 17. The van der Waals surface area contributed by atoms with Crippen molar-refractivity contribution in [2.45, 2.75) is 16.2 Å². The second-order valence-corrected chi connectivity index (χ2v) is 29.5. The SMILES string of the molecule is c1ccc(-c2ccc(N(c3cc(-c4cccc5c4-c4ccccc4C54c5ccccc5-c5ccccc54)cc(N(c4ccc(-c5ccccc5)cc4)c4cccc5c4-c4ccccc4C54c5ccccc5-c5ccccc54)c3)c3cccc4c3-c3ccccc3C43c4ccccc4-c4ccccc43)cc2)cc1. The molecule has 23 rings (SSSR count). The van der Waals surface area contributed by atoms with E-state index in [2.05, 4.69) is 410 Å². The number of hydrogen-bond donors (Lipinski definition) is 0. The molecule has 0 unspecified atom stereocenters. The van der Waals surface area contributed by atoms with Crippen molar-refractivity contribution < 1.29 is 0 Å². The second kappa shape index (κ2) is 22.7. The van der Waals surface area contributed by atoms with Gasteiger partial charge in [0.2, 0.25) is 0 Å². The zero-order valence-corrected chi connectivity index (χ0v) is 58.5. The summed E-state index contributed by atoms with van der Waals surface area (Å²) in [6, 6.07) is 152. The highest BCUT2D eigenvalue weighted by atomic mass is 15.2. The predicted octanol–water partition coefficient (Wildman–Crippen LogP) is 26.7. The summed E-state index contributed by atoms with van der Waals surface area (Å²) in [5, 5.41) is 0. The molecule has 2 heteroatoms. The van der Waals surface area contributed by atoms with Crippen LogP contribution in [-0.4, -0.2) is 0 Å². The standard InChI is InChI=1S/C105H66N2/c1-3-28-67(29-4-1)69-56-60-72(61-57-69)106(98-54-26-52-96-101(98)84-39-14-23-49-93(84)104(96)88-44-18-9-34-79(88)80-35-10-19-45-89(80)104)74-64-71(76-41-25-51-95-100(76)83-38-13-22-48-92(83)103(95)86-42-16-7-32-77(86)78-33-8-17-43-87(78)103)65-75(66-74)107(73-62-58-70(59-63-73)68-30-5-2-6-31-68)99-55-27-53-97-102(99)85-40-15-24-50-94(85)105(97)90-46-20-11-36-81(90)82-37-12-21-47-91(82)105/h1-66H. The first kappa shape index (κ1) is 59.8. The minimum Gasteiger partial charge on any atom is -0.310 e. The molecule has 6 aliphatic carbocycles. The van der Waals surface area contributed by atoms with E-state index in [0.29, 0.717) is 0 Å². The van der Waals surface area contributed by atoms with E-state index in [1.165, 1.54) is 150 Å². The molecular formula is C105H66N2. The monoisotopic (exact) mass is 1350 g/mol. The van der Waals surface area contributed by atoms with Gasteiger partial charge in [0.15, 0.2) is 0 Å². The lowest BCUT2D eigenvalue weighted by Crippen LogP contribution is -2.26. The minimum atomic E-state index is -0.583. The number of anilines is 6. The van der Waals surface area contributed by atoms with Crippen molar-refractivity contribution in [1.82, 2.24) is 0 Å². The van der Waals surface area contributed by atoms with Gasteiger partial charge in [0.1, 0.15) is 0 Å². The van der Waals surface area contributed by atoms with Gasteiger partial charge in [-0.05, 0) is 210 Å². The molecule has 0 N–H and O–H groups in total. The fraction of sp³-hybridized carbons (Fsp3) is 0.0286. The Bertz CT molecular complexity index is 6140. The van der Waals surface area contributed by atoms with Crippen molar-refractivity contribution in [1.29, 1.82) is 0 Å². The van der Waals surface area contributed by atoms with Gasteiger partial charge in [-0.15, -0.1) is 0 Å². The summed E-state index contributed by atoms with van der Waals surface area (Å²) >= 11 is 0. The molecule has 0 saturated carbocycles. The summed E-state index contributed by atoms with van der Waals surface area (Å²) < 4.78 is 0. The van der Waals surface area contributed by atoms with Crippen LogP contribution in [0.15, 0.2) is 400 Å². The third-order valence-electron chi connectivity index (χ3n) is 24.7. The van der Waals surface area contributed by atoms with E-state index in [4.69, 9.17) is 0 Å². The molecule has 107 heavy (non-hydrogen) atoms. The van der Waals surface area contributed by atoms with Gasteiger partial charge in [0.05, 0.1) is 27.6 Å². The maximum absolute atomic E-state index is 2.61. The van der Waals surface area contributed by atoms with Crippen LogP contribution in [0.2, 0.25) is 0 Å². The lowest BCUT2D eigenvalue weighted by molar-refractivity contribution is 0.793. The zero-order chi connectivity index (χ0) is 70.1. The lowest BCUT2D eigenvalue weighted by atomic mass is 9.70. The average Bonchev–Trinajstić information content (AvgIpc) is 1.52. The molecule has 0 bridgehead atoms. The van der Waals surface area contributed by atoms with Gasteiger partial charge >= 0.3 is 0 Å². The molecule has 2 nitrogen and oxygen atoms in total. The summed E-state index contributed by atoms with van der Waals surface area (Å²) in [6.07, 6.45) is 0. The molecule has 0 aromatic heterocycles. The molecule has 0 heterocycles. The molecule has 0 radical (unpaired) electrons. The Balaban J connectivity index is 0.843. The van der Waals surface area contributed by atoms with Crippen molar-refractivity contribution in [3.63, 3.8) is 0 Å². The van der Waals surface area contributed by atoms with E-state index in [1.54, 1.807) is 0 Å². The van der Waals surface area contributed by atoms with Crippen molar-refractivity contribution in [2.24, 2.45) is 0 Å². The van der Waals surface area contributed by atoms with E-state index < -0.39 is 16.2 Å². The first-order valence-electron chi connectivity index (χ1n) is 37.5. The minimum absolute atomic E-state index is 0.564. The van der Waals surface area contributed by atoms with E-state index in [1.807, 2.05) is 0 Å². The van der Waals surface area contributed by atoms with Crippen LogP contribution in [0.25, 0.3) is 100 Å². The smallest absolute Gasteiger partial charge is 0.0726 e. The van der Waals surface area contributed by atoms with Crippen LogP contribution in [-0.2, 0) is 16.2 Å². The van der Waals surface area contributed by atoms with Crippen LogP contribution in [0, 0.1) is 0 Å². The summed E-state index contributed by atoms with van der Waals surface area (Å²) in [4.78, 5) is 5.21. The summed E-state index contributed by atoms with van der Waals surface area (Å²) in [5.74, 6) is 0. The van der Waals surface area contributed by atoms with Crippen LogP contribution >= 0.6 is 0 Å². The quantitative estimate of drug-likeness (QED) is 0.142. The zero-order valence-electron chi connectivity index (χ0n) is 58.5. The molecule has 0 saturated heterocycles. The average molecular weight is 1360 g/mol. The number of hydrogen-bond acceptors (Lipinski definition) is 2. The lowest BCUT2D eigenvalue weighted by Gasteiger charge is -2.34. The van der Waals surface area contributed by atoms with E-state index in [9.17, 15) is 0 Å². The largest absolute Gasteiger partial charge is 0.310 e.